The van der Waals surface area contributed by atoms with Crippen molar-refractivity contribution in [2.24, 2.45) is 5.92 Å². The molecule has 0 heterocycles. The van der Waals surface area contributed by atoms with Crippen molar-refractivity contribution in [2.45, 2.75) is 20.8 Å². The maximum absolute atomic E-state index is 11.6. The highest BCUT2D eigenvalue weighted by Gasteiger charge is 2.07. The highest BCUT2D eigenvalue weighted by atomic mass is 16.5. The molecule has 0 saturated heterocycles. The van der Waals surface area contributed by atoms with Gasteiger partial charge in [-0.25, -0.2) is 4.79 Å². The van der Waals surface area contributed by atoms with Crippen LogP contribution < -0.4 is 20.7 Å². The number of rotatable bonds is 7. The number of carbonyl (C=O) groups is 2. The maximum atomic E-state index is 11.6. The maximum Gasteiger partial charge on any atom is 0.321 e. The fourth-order valence-corrected chi connectivity index (χ4v) is 1.53. The predicted octanol–water partition coefficient (Wildman–Crippen LogP) is 1.98. The van der Waals surface area contributed by atoms with E-state index in [2.05, 4.69) is 16.0 Å². The number of nitrogens with one attached hydrogen (secondary N) is 3. The lowest BCUT2D eigenvalue weighted by Gasteiger charge is -2.10. The molecular weight excluding hydrogens is 270 g/mol. The molecule has 21 heavy (non-hydrogen) atoms. The summed E-state index contributed by atoms with van der Waals surface area (Å²) >= 11 is 0. The topological polar surface area (TPSA) is 79.5 Å². The summed E-state index contributed by atoms with van der Waals surface area (Å²) in [5.74, 6) is 0.735. The number of hydrogen-bond acceptors (Lipinski definition) is 4. The molecule has 0 aromatic heterocycles. The number of anilines is 1. The van der Waals surface area contributed by atoms with Crippen molar-refractivity contribution in [1.82, 2.24) is 10.6 Å². The molecule has 6 nitrogen and oxygen atoms in total. The van der Waals surface area contributed by atoms with Crippen LogP contribution in [-0.4, -0.2) is 31.6 Å². The van der Waals surface area contributed by atoms with Crippen LogP contribution in [0.3, 0.4) is 0 Å². The Morgan fingerprint density at radius 3 is 2.43 bits per heavy atom. The van der Waals surface area contributed by atoms with E-state index in [0.29, 0.717) is 19.1 Å². The van der Waals surface area contributed by atoms with Gasteiger partial charge >= 0.3 is 6.03 Å². The fourth-order valence-electron chi connectivity index (χ4n) is 1.53. The fraction of sp³-hybridized carbons (Fsp3) is 0.467. The van der Waals surface area contributed by atoms with Gasteiger partial charge in [-0.05, 0) is 37.1 Å². The molecule has 3 amide bonds. The number of amides is 3. The van der Waals surface area contributed by atoms with Crippen molar-refractivity contribution < 1.29 is 14.3 Å². The second-order valence-corrected chi connectivity index (χ2v) is 4.96. The minimum absolute atomic E-state index is 0.0308. The molecule has 0 aliphatic rings. The van der Waals surface area contributed by atoms with Crippen LogP contribution >= 0.6 is 0 Å². The van der Waals surface area contributed by atoms with Gasteiger partial charge in [0.2, 0.25) is 5.91 Å². The number of urea groups is 1. The lowest BCUT2D eigenvalue weighted by atomic mass is 10.2. The molecule has 0 saturated carbocycles. The smallest absolute Gasteiger partial charge is 0.321 e. The Balaban J connectivity index is 2.30. The quantitative estimate of drug-likeness (QED) is 0.718. The van der Waals surface area contributed by atoms with Crippen LogP contribution in [0.4, 0.5) is 10.5 Å². The lowest BCUT2D eigenvalue weighted by Crippen LogP contribution is -2.43. The van der Waals surface area contributed by atoms with Crippen molar-refractivity contribution in [3.63, 3.8) is 0 Å². The second kappa shape index (κ2) is 8.84. The van der Waals surface area contributed by atoms with Gasteiger partial charge < -0.3 is 15.4 Å². The van der Waals surface area contributed by atoms with Crippen LogP contribution in [0.5, 0.6) is 5.75 Å². The third-order valence-corrected chi connectivity index (χ3v) is 2.54. The van der Waals surface area contributed by atoms with Crippen LogP contribution in [0.2, 0.25) is 0 Å². The first-order valence-corrected chi connectivity index (χ1v) is 7.05. The van der Waals surface area contributed by atoms with Gasteiger partial charge in [-0.3, -0.25) is 10.1 Å². The Labute approximate surface area is 125 Å². The van der Waals surface area contributed by atoms with Gasteiger partial charge in [0, 0.05) is 12.2 Å². The minimum Gasteiger partial charge on any atom is -0.494 e. The molecule has 0 bridgehead atoms. The van der Waals surface area contributed by atoms with Crippen molar-refractivity contribution >= 4 is 17.6 Å². The van der Waals surface area contributed by atoms with Gasteiger partial charge in [0.1, 0.15) is 5.75 Å². The Morgan fingerprint density at radius 2 is 1.86 bits per heavy atom. The van der Waals surface area contributed by atoms with Crippen LogP contribution in [-0.2, 0) is 4.79 Å². The van der Waals surface area contributed by atoms with E-state index in [-0.39, 0.29) is 12.5 Å². The number of hydrogen-bond donors (Lipinski definition) is 3. The minimum atomic E-state index is -0.470. The third-order valence-electron chi connectivity index (χ3n) is 2.54. The zero-order valence-electron chi connectivity index (χ0n) is 12.7. The van der Waals surface area contributed by atoms with E-state index >= 15 is 0 Å². The molecule has 0 unspecified atom stereocenters. The first kappa shape index (κ1) is 16.8. The Morgan fingerprint density at radius 1 is 1.19 bits per heavy atom. The highest BCUT2D eigenvalue weighted by Crippen LogP contribution is 2.15. The molecular formula is C15H23N3O3. The zero-order valence-corrected chi connectivity index (χ0v) is 12.7. The molecule has 6 heteroatoms. The van der Waals surface area contributed by atoms with E-state index in [4.69, 9.17) is 4.74 Å². The first-order chi connectivity index (χ1) is 10.0. The van der Waals surface area contributed by atoms with Gasteiger partial charge in [0.25, 0.3) is 0 Å². The summed E-state index contributed by atoms with van der Waals surface area (Å²) in [7, 11) is 0. The summed E-state index contributed by atoms with van der Waals surface area (Å²) in [6.07, 6.45) is 0. The average molecular weight is 293 g/mol. The van der Waals surface area contributed by atoms with Gasteiger partial charge in [-0.2, -0.15) is 0 Å². The van der Waals surface area contributed by atoms with Gasteiger partial charge in [-0.1, -0.05) is 13.8 Å². The van der Waals surface area contributed by atoms with Crippen molar-refractivity contribution in [2.75, 3.05) is 25.0 Å². The van der Waals surface area contributed by atoms with Gasteiger partial charge in [0.15, 0.2) is 0 Å². The van der Waals surface area contributed by atoms with Gasteiger partial charge in [0.05, 0.1) is 13.2 Å². The Hall–Kier alpha value is -2.24. The van der Waals surface area contributed by atoms with E-state index in [0.717, 1.165) is 11.4 Å². The molecule has 0 aliphatic carbocycles. The van der Waals surface area contributed by atoms with Crippen LogP contribution in [0.25, 0.3) is 0 Å². The summed E-state index contributed by atoms with van der Waals surface area (Å²) < 4.78 is 5.33. The highest BCUT2D eigenvalue weighted by molar-refractivity contribution is 5.96. The molecule has 0 radical (unpaired) electrons. The molecule has 1 rings (SSSR count). The number of benzene rings is 1. The second-order valence-electron chi connectivity index (χ2n) is 4.96. The number of ether oxygens (including phenoxy) is 1. The average Bonchev–Trinajstić information content (AvgIpc) is 2.45. The third kappa shape index (κ3) is 7.20. The Bertz CT molecular complexity index is 458. The molecule has 116 valence electrons. The SMILES string of the molecule is CCOc1ccc(NCC(=O)NC(=O)NCC(C)C)cc1. The standard InChI is InChI=1S/C15H23N3O3/c1-4-21-13-7-5-12(6-8-13)16-10-14(19)18-15(20)17-9-11(2)3/h5-8,11,16H,4,9-10H2,1-3H3,(H2,17,18,19,20). The summed E-state index contributed by atoms with van der Waals surface area (Å²) in [6, 6.07) is 6.80. The van der Waals surface area contributed by atoms with E-state index in [1.165, 1.54) is 0 Å². The van der Waals surface area contributed by atoms with Gasteiger partial charge in [-0.15, -0.1) is 0 Å². The normalized spacial score (nSPS) is 10.1. The largest absolute Gasteiger partial charge is 0.494 e. The monoisotopic (exact) mass is 293 g/mol. The number of imide groups is 1. The van der Waals surface area contributed by atoms with Crippen molar-refractivity contribution in [3.8, 4) is 5.75 Å². The molecule has 1 aromatic carbocycles. The van der Waals surface area contributed by atoms with E-state index in [1.807, 2.05) is 45.0 Å². The first-order valence-electron chi connectivity index (χ1n) is 7.05. The number of carbonyl (C=O) groups excluding carboxylic acids is 2. The molecule has 3 N–H and O–H groups in total. The Kier molecular flexibility index (Phi) is 7.08. The lowest BCUT2D eigenvalue weighted by molar-refractivity contribution is -0.118. The van der Waals surface area contributed by atoms with E-state index < -0.39 is 6.03 Å². The predicted molar refractivity (Wildman–Crippen MR) is 82.5 cm³/mol. The molecule has 0 atom stereocenters. The zero-order chi connectivity index (χ0) is 15.7. The summed E-state index contributed by atoms with van der Waals surface area (Å²) in [5.41, 5.74) is 0.788. The van der Waals surface area contributed by atoms with Crippen molar-refractivity contribution in [1.29, 1.82) is 0 Å². The van der Waals surface area contributed by atoms with Crippen LogP contribution in [0.15, 0.2) is 24.3 Å². The summed E-state index contributed by atoms with van der Waals surface area (Å²) in [5, 5.41) is 7.81. The summed E-state index contributed by atoms with van der Waals surface area (Å²) in [4.78, 5) is 23.0. The van der Waals surface area contributed by atoms with Crippen LogP contribution in [0, 0.1) is 5.92 Å². The van der Waals surface area contributed by atoms with Crippen molar-refractivity contribution in [3.05, 3.63) is 24.3 Å². The molecule has 0 spiro atoms. The molecule has 1 aromatic rings. The molecule has 0 fully saturated rings. The van der Waals surface area contributed by atoms with Crippen LogP contribution in [0.1, 0.15) is 20.8 Å². The molecule has 0 aliphatic heterocycles. The summed E-state index contributed by atoms with van der Waals surface area (Å²) in [6.45, 7) is 7.06. The van der Waals surface area contributed by atoms with E-state index in [1.54, 1.807) is 0 Å². The van der Waals surface area contributed by atoms with E-state index in [9.17, 15) is 9.59 Å².